The first-order valence-corrected chi connectivity index (χ1v) is 8.38. The highest BCUT2D eigenvalue weighted by Crippen LogP contribution is 2.34. The van der Waals surface area contributed by atoms with Crippen LogP contribution in [0.15, 0.2) is 48.7 Å². The molecule has 1 aliphatic rings. The largest absolute Gasteiger partial charge is 0.484 e. The Kier molecular flexibility index (Phi) is 5.15. The third-order valence-corrected chi connectivity index (χ3v) is 4.28. The minimum Gasteiger partial charge on any atom is -0.484 e. The van der Waals surface area contributed by atoms with Gasteiger partial charge in [-0.3, -0.25) is 9.78 Å². The molecule has 1 amide bonds. The molecule has 1 atom stereocenters. The van der Waals surface area contributed by atoms with Crippen molar-refractivity contribution < 1.29 is 22.7 Å². The maximum Gasteiger partial charge on any atom is 0.416 e. The quantitative estimate of drug-likeness (QED) is 0.770. The van der Waals surface area contributed by atoms with E-state index in [4.69, 9.17) is 4.74 Å². The average Bonchev–Trinajstić information content (AvgIpc) is 3.45. The molecule has 26 heavy (non-hydrogen) atoms. The highest BCUT2D eigenvalue weighted by Gasteiger charge is 2.37. The molecule has 1 heterocycles. The predicted octanol–water partition coefficient (Wildman–Crippen LogP) is 4.23. The number of halogens is 3. The number of alkyl halides is 3. The topological polar surface area (TPSA) is 42.4 Å². The van der Waals surface area contributed by atoms with E-state index in [1.807, 2.05) is 19.1 Å². The van der Waals surface area contributed by atoms with Gasteiger partial charge in [-0.05, 0) is 50.1 Å². The lowest BCUT2D eigenvalue weighted by Gasteiger charge is -2.29. The summed E-state index contributed by atoms with van der Waals surface area (Å²) in [5.74, 6) is -0.238. The Bertz CT molecular complexity index is 761. The van der Waals surface area contributed by atoms with Crippen molar-refractivity contribution in [2.75, 3.05) is 6.61 Å². The number of hydrogen-bond acceptors (Lipinski definition) is 3. The molecule has 3 rings (SSSR count). The average molecular weight is 364 g/mol. The fraction of sp³-hybridized carbons (Fsp3) is 0.368. The van der Waals surface area contributed by atoms with Crippen molar-refractivity contribution in [2.45, 2.75) is 38.0 Å². The normalized spacial score (nSPS) is 15.4. The third-order valence-electron chi connectivity index (χ3n) is 4.28. The van der Waals surface area contributed by atoms with E-state index >= 15 is 0 Å². The summed E-state index contributed by atoms with van der Waals surface area (Å²) < 4.78 is 43.6. The van der Waals surface area contributed by atoms with Gasteiger partial charge in [-0.2, -0.15) is 13.2 Å². The van der Waals surface area contributed by atoms with Crippen LogP contribution in [-0.2, 0) is 11.0 Å². The van der Waals surface area contributed by atoms with Crippen molar-refractivity contribution >= 4 is 5.91 Å². The number of pyridine rings is 1. The van der Waals surface area contributed by atoms with Gasteiger partial charge in [0.2, 0.25) is 0 Å². The van der Waals surface area contributed by atoms with E-state index in [1.54, 1.807) is 17.2 Å². The monoisotopic (exact) mass is 364 g/mol. The molecule has 0 bridgehead atoms. The van der Waals surface area contributed by atoms with Crippen molar-refractivity contribution in [3.05, 3.63) is 59.9 Å². The number of hydrogen-bond donors (Lipinski definition) is 0. The first-order chi connectivity index (χ1) is 12.4. The van der Waals surface area contributed by atoms with E-state index in [9.17, 15) is 18.0 Å². The van der Waals surface area contributed by atoms with Gasteiger partial charge in [0.15, 0.2) is 6.61 Å². The Morgan fingerprint density at radius 2 is 2.04 bits per heavy atom. The summed E-state index contributed by atoms with van der Waals surface area (Å²) in [7, 11) is 0. The zero-order valence-electron chi connectivity index (χ0n) is 14.2. The Hall–Kier alpha value is -2.57. The Morgan fingerprint density at radius 3 is 2.65 bits per heavy atom. The summed E-state index contributed by atoms with van der Waals surface area (Å²) in [6.07, 6.45) is -0.962. The zero-order valence-corrected chi connectivity index (χ0v) is 14.2. The van der Waals surface area contributed by atoms with Gasteiger partial charge in [-0.1, -0.05) is 12.1 Å². The molecule has 4 nitrogen and oxygen atoms in total. The van der Waals surface area contributed by atoms with Gasteiger partial charge in [-0.25, -0.2) is 0 Å². The number of ether oxygens (including phenoxy) is 1. The van der Waals surface area contributed by atoms with E-state index in [0.717, 1.165) is 30.7 Å². The van der Waals surface area contributed by atoms with Crippen LogP contribution < -0.4 is 4.74 Å². The molecule has 7 heteroatoms. The molecule has 1 aromatic carbocycles. The van der Waals surface area contributed by atoms with Gasteiger partial charge in [0, 0.05) is 12.2 Å². The molecule has 1 unspecified atom stereocenters. The summed E-state index contributed by atoms with van der Waals surface area (Å²) in [5, 5.41) is 0. The molecule has 2 aromatic rings. The number of carbonyl (C=O) groups is 1. The molecule has 1 aliphatic carbocycles. The fourth-order valence-electron chi connectivity index (χ4n) is 2.84. The molecule has 0 spiro atoms. The lowest BCUT2D eigenvalue weighted by molar-refractivity contribution is -0.137. The molecular formula is C19H19F3N2O2. The van der Waals surface area contributed by atoms with E-state index in [2.05, 4.69) is 4.98 Å². The minimum absolute atomic E-state index is 0.0226. The summed E-state index contributed by atoms with van der Waals surface area (Å²) in [6.45, 7) is 1.58. The maximum atomic E-state index is 12.8. The fourth-order valence-corrected chi connectivity index (χ4v) is 2.84. The van der Waals surface area contributed by atoms with Crippen LogP contribution in [0, 0.1) is 0 Å². The lowest BCUT2D eigenvalue weighted by atomic mass is 10.1. The van der Waals surface area contributed by atoms with Gasteiger partial charge >= 0.3 is 6.18 Å². The number of amides is 1. The van der Waals surface area contributed by atoms with Gasteiger partial charge in [-0.15, -0.1) is 0 Å². The van der Waals surface area contributed by atoms with Crippen molar-refractivity contribution in [3.8, 4) is 5.75 Å². The van der Waals surface area contributed by atoms with Gasteiger partial charge in [0.25, 0.3) is 5.91 Å². The van der Waals surface area contributed by atoms with Gasteiger partial charge in [0.05, 0.1) is 17.3 Å². The van der Waals surface area contributed by atoms with Crippen LogP contribution in [0.4, 0.5) is 13.2 Å². The summed E-state index contributed by atoms with van der Waals surface area (Å²) >= 11 is 0. The molecule has 0 saturated heterocycles. The molecule has 1 aromatic heterocycles. The van der Waals surface area contributed by atoms with Crippen molar-refractivity contribution in [3.63, 3.8) is 0 Å². The molecule has 0 N–H and O–H groups in total. The van der Waals surface area contributed by atoms with Crippen LogP contribution in [0.1, 0.15) is 37.1 Å². The van der Waals surface area contributed by atoms with E-state index in [1.165, 1.54) is 12.1 Å². The van der Waals surface area contributed by atoms with Crippen molar-refractivity contribution in [1.82, 2.24) is 9.88 Å². The standard InChI is InChI=1S/C19H19F3N2O2/c1-13(17-7-2-3-10-23-17)24(15-8-9-15)18(25)12-26-16-6-4-5-14(11-16)19(20,21)22/h2-7,10-11,13,15H,8-9,12H2,1H3. The molecule has 0 aliphatic heterocycles. The molecule has 138 valence electrons. The van der Waals surface area contributed by atoms with Crippen LogP contribution in [0.2, 0.25) is 0 Å². The summed E-state index contributed by atoms with van der Waals surface area (Å²) in [5.41, 5.74) is -0.0322. The highest BCUT2D eigenvalue weighted by atomic mass is 19.4. The Labute approximate surface area is 149 Å². The number of carbonyl (C=O) groups excluding carboxylic acids is 1. The van der Waals surface area contributed by atoms with Crippen LogP contribution >= 0.6 is 0 Å². The summed E-state index contributed by atoms with van der Waals surface area (Å²) in [4.78, 5) is 18.7. The second-order valence-electron chi connectivity index (χ2n) is 6.28. The SMILES string of the molecule is CC(c1ccccn1)N(C(=O)COc1cccc(C(F)(F)F)c1)C1CC1. The van der Waals surface area contributed by atoms with Crippen LogP contribution in [0.3, 0.4) is 0 Å². The molecule has 1 fully saturated rings. The minimum atomic E-state index is -4.45. The van der Waals surface area contributed by atoms with Crippen molar-refractivity contribution in [1.29, 1.82) is 0 Å². The van der Waals surface area contributed by atoms with Crippen LogP contribution in [0.25, 0.3) is 0 Å². The number of nitrogens with zero attached hydrogens (tertiary/aromatic N) is 2. The molecular weight excluding hydrogens is 345 g/mol. The number of aromatic nitrogens is 1. The molecule has 1 saturated carbocycles. The predicted molar refractivity (Wildman–Crippen MR) is 89.5 cm³/mol. The first-order valence-electron chi connectivity index (χ1n) is 8.38. The second kappa shape index (κ2) is 7.35. The van der Waals surface area contributed by atoms with E-state index in [-0.39, 0.29) is 30.3 Å². The maximum absolute atomic E-state index is 12.8. The third kappa shape index (κ3) is 4.33. The smallest absolute Gasteiger partial charge is 0.416 e. The van der Waals surface area contributed by atoms with Crippen LogP contribution in [0.5, 0.6) is 5.75 Å². The number of benzene rings is 1. The van der Waals surface area contributed by atoms with E-state index in [0.29, 0.717) is 0 Å². The lowest BCUT2D eigenvalue weighted by Crippen LogP contribution is -2.39. The van der Waals surface area contributed by atoms with Crippen LogP contribution in [-0.4, -0.2) is 28.4 Å². The second-order valence-corrected chi connectivity index (χ2v) is 6.28. The van der Waals surface area contributed by atoms with Gasteiger partial charge < -0.3 is 9.64 Å². The van der Waals surface area contributed by atoms with Gasteiger partial charge in [0.1, 0.15) is 5.75 Å². The van der Waals surface area contributed by atoms with E-state index < -0.39 is 11.7 Å². The Balaban J connectivity index is 1.68. The highest BCUT2D eigenvalue weighted by molar-refractivity contribution is 5.79. The first kappa shape index (κ1) is 18.2. The number of rotatable bonds is 6. The van der Waals surface area contributed by atoms with Crippen molar-refractivity contribution in [2.24, 2.45) is 0 Å². The molecule has 0 radical (unpaired) electrons. The summed E-state index contributed by atoms with van der Waals surface area (Å²) in [6, 6.07) is 9.95. The zero-order chi connectivity index (χ0) is 18.7. The Morgan fingerprint density at radius 1 is 1.27 bits per heavy atom.